The number of pyridine rings is 2. The zero-order valence-corrected chi connectivity index (χ0v) is 23.9. The molecule has 40 heavy (non-hydrogen) atoms. The van der Waals surface area contributed by atoms with Crippen molar-refractivity contribution in [1.29, 1.82) is 0 Å². The number of carbonyl (C=O) groups is 1. The summed E-state index contributed by atoms with van der Waals surface area (Å²) in [5.74, 6) is -1.02. The third-order valence-corrected chi connectivity index (χ3v) is 7.81. The Bertz CT molecular complexity index is 1540. The smallest absolute Gasteiger partial charge is 0.281 e. The lowest BCUT2D eigenvalue weighted by Gasteiger charge is -2.34. The summed E-state index contributed by atoms with van der Waals surface area (Å²) >= 11 is 0. The Morgan fingerprint density at radius 3 is 2.58 bits per heavy atom. The number of hydrogen-bond donors (Lipinski definition) is 3. The second-order valence-electron chi connectivity index (χ2n) is 11.2. The van der Waals surface area contributed by atoms with Crippen LogP contribution in [0.15, 0.2) is 47.5 Å². The Balaban J connectivity index is 1.76. The maximum absolute atomic E-state index is 14.5. The van der Waals surface area contributed by atoms with E-state index in [-0.39, 0.29) is 40.3 Å². The molecule has 0 saturated carbocycles. The molecule has 1 aromatic carbocycles. The number of carbonyl (C=O) groups excluding carboxylic acids is 1. The van der Waals surface area contributed by atoms with E-state index < -0.39 is 26.8 Å². The Morgan fingerprint density at radius 2 is 1.95 bits per heavy atom. The van der Waals surface area contributed by atoms with Gasteiger partial charge in [-0.2, -0.15) is 8.42 Å². The fourth-order valence-corrected chi connectivity index (χ4v) is 5.76. The first kappa shape index (κ1) is 29.1. The van der Waals surface area contributed by atoms with Crippen LogP contribution in [0.25, 0.3) is 11.3 Å². The maximum atomic E-state index is 14.5. The topological polar surface area (TPSA) is 148 Å². The Labute approximate surface area is 233 Å². The lowest BCUT2D eigenvalue weighted by Crippen LogP contribution is -2.41. The minimum absolute atomic E-state index is 0.0222. The molecule has 0 unspecified atom stereocenters. The van der Waals surface area contributed by atoms with Gasteiger partial charge >= 0.3 is 0 Å². The van der Waals surface area contributed by atoms with Crippen molar-refractivity contribution in [3.05, 3.63) is 53.8 Å². The molecule has 0 spiro atoms. The third kappa shape index (κ3) is 6.27. The summed E-state index contributed by atoms with van der Waals surface area (Å²) in [7, 11) is -4.43. The highest BCUT2D eigenvalue weighted by Crippen LogP contribution is 2.38. The first-order valence-electron chi connectivity index (χ1n) is 12.9. The molecule has 3 heterocycles. The number of nitrogens with one attached hydrogen (secondary N) is 1. The van der Waals surface area contributed by atoms with Crippen LogP contribution in [-0.4, -0.2) is 48.1 Å². The van der Waals surface area contributed by atoms with Gasteiger partial charge < -0.3 is 20.5 Å². The molecule has 1 aliphatic heterocycles. The van der Waals surface area contributed by atoms with E-state index in [1.165, 1.54) is 24.3 Å². The van der Waals surface area contributed by atoms with Gasteiger partial charge in [0.2, 0.25) is 0 Å². The van der Waals surface area contributed by atoms with Gasteiger partial charge in [-0.15, -0.1) is 0 Å². The normalized spacial score (nSPS) is 16.8. The molecule has 1 saturated heterocycles. The highest BCUT2D eigenvalue weighted by Gasteiger charge is 2.39. The molecular formula is C28H34FN5O5S. The predicted octanol–water partition coefficient (Wildman–Crippen LogP) is 4.35. The molecule has 3 aromatic rings. The highest BCUT2D eigenvalue weighted by molar-refractivity contribution is 7.90. The third-order valence-electron chi connectivity index (χ3n) is 6.58. The van der Waals surface area contributed by atoms with Crippen LogP contribution < -0.4 is 20.1 Å². The Hall–Kier alpha value is -3.93. The molecule has 1 aliphatic rings. The number of aromatic nitrogens is 2. The van der Waals surface area contributed by atoms with Crippen LogP contribution in [0.2, 0.25) is 0 Å². The fourth-order valence-electron chi connectivity index (χ4n) is 4.84. The second kappa shape index (κ2) is 10.9. The number of amides is 1. The van der Waals surface area contributed by atoms with Gasteiger partial charge in [0, 0.05) is 23.7 Å². The van der Waals surface area contributed by atoms with Gasteiger partial charge in [-0.25, -0.2) is 19.1 Å². The molecule has 1 fully saturated rings. The van der Waals surface area contributed by atoms with Gasteiger partial charge in [-0.3, -0.25) is 4.79 Å². The molecule has 10 nitrogen and oxygen atoms in total. The Kier molecular flexibility index (Phi) is 7.93. The van der Waals surface area contributed by atoms with Crippen LogP contribution >= 0.6 is 0 Å². The number of nitrogens with two attached hydrogens (primary N) is 1. The molecule has 0 bridgehead atoms. The fraction of sp³-hybridized carbons (Fsp3) is 0.393. The Morgan fingerprint density at radius 1 is 1.23 bits per heavy atom. The van der Waals surface area contributed by atoms with Crippen molar-refractivity contribution in [2.75, 3.05) is 23.8 Å². The van der Waals surface area contributed by atoms with E-state index in [9.17, 15) is 22.7 Å². The van der Waals surface area contributed by atoms with Gasteiger partial charge in [0.05, 0.1) is 17.9 Å². The van der Waals surface area contributed by atoms with Crippen LogP contribution in [0.4, 0.5) is 16.0 Å². The SMILES string of the molecule is CC(C)COc1cc(F)cc(-c2ccc(C(=O)NS(=O)(=O)c3ccc(O)c(N)n3)c(N3C[C@@H](C)CC3(C)C)n2)c1. The van der Waals surface area contributed by atoms with Gasteiger partial charge in [0.25, 0.3) is 15.9 Å². The minimum atomic E-state index is -4.43. The largest absolute Gasteiger partial charge is 0.504 e. The van der Waals surface area contributed by atoms with E-state index in [0.29, 0.717) is 30.2 Å². The molecule has 0 radical (unpaired) electrons. The monoisotopic (exact) mass is 571 g/mol. The first-order valence-corrected chi connectivity index (χ1v) is 14.4. The van der Waals surface area contributed by atoms with Crippen LogP contribution in [0, 0.1) is 17.7 Å². The number of rotatable bonds is 8. The van der Waals surface area contributed by atoms with Crippen molar-refractivity contribution in [2.45, 2.75) is 51.6 Å². The number of aromatic hydroxyl groups is 1. The van der Waals surface area contributed by atoms with E-state index in [0.717, 1.165) is 18.6 Å². The summed E-state index contributed by atoms with van der Waals surface area (Å²) < 4.78 is 48.2. The summed E-state index contributed by atoms with van der Waals surface area (Å²) in [5.41, 5.74) is 6.03. The summed E-state index contributed by atoms with van der Waals surface area (Å²) in [5, 5.41) is 9.07. The summed E-state index contributed by atoms with van der Waals surface area (Å²) in [6.45, 7) is 11.1. The minimum Gasteiger partial charge on any atom is -0.504 e. The second-order valence-corrected chi connectivity index (χ2v) is 12.8. The van der Waals surface area contributed by atoms with E-state index >= 15 is 0 Å². The number of nitrogens with zero attached hydrogens (tertiary/aromatic N) is 3. The van der Waals surface area contributed by atoms with E-state index in [1.54, 1.807) is 6.07 Å². The predicted molar refractivity (Wildman–Crippen MR) is 150 cm³/mol. The lowest BCUT2D eigenvalue weighted by atomic mass is 9.97. The standard InChI is InChI=1S/C28H34FN5O5S/c1-16(2)15-39-20-11-18(10-19(29)12-20)22-7-6-21(26(31-22)34-14-17(3)13-28(34,4)5)27(36)33-40(37,38)24-9-8-23(35)25(30)32-24/h6-12,16-17,35H,13-15H2,1-5H3,(H2,30,32)(H,33,36)/t17-/m0/s1. The molecule has 4 rings (SSSR count). The van der Waals surface area contributed by atoms with Crippen LogP contribution in [-0.2, 0) is 10.0 Å². The van der Waals surface area contributed by atoms with Crippen molar-refractivity contribution in [2.24, 2.45) is 11.8 Å². The van der Waals surface area contributed by atoms with E-state index in [1.807, 2.05) is 37.3 Å². The van der Waals surface area contributed by atoms with Gasteiger partial charge in [-0.05, 0) is 68.5 Å². The molecule has 2 aromatic heterocycles. The van der Waals surface area contributed by atoms with E-state index in [2.05, 4.69) is 11.9 Å². The summed E-state index contributed by atoms with van der Waals surface area (Å²) in [4.78, 5) is 23.8. The number of ether oxygens (including phenoxy) is 1. The highest BCUT2D eigenvalue weighted by atomic mass is 32.2. The zero-order valence-electron chi connectivity index (χ0n) is 23.1. The van der Waals surface area contributed by atoms with Gasteiger partial charge in [0.1, 0.15) is 17.4 Å². The summed E-state index contributed by atoms with van der Waals surface area (Å²) in [6.07, 6.45) is 0.822. The number of sulfonamides is 1. The maximum Gasteiger partial charge on any atom is 0.281 e. The van der Waals surface area contributed by atoms with Crippen molar-refractivity contribution < 1.29 is 27.4 Å². The van der Waals surface area contributed by atoms with Crippen molar-refractivity contribution in [3.63, 3.8) is 0 Å². The molecule has 1 amide bonds. The number of anilines is 2. The van der Waals surface area contributed by atoms with Crippen molar-refractivity contribution in [1.82, 2.24) is 14.7 Å². The molecule has 12 heteroatoms. The van der Waals surface area contributed by atoms with Crippen molar-refractivity contribution in [3.8, 4) is 22.8 Å². The molecule has 214 valence electrons. The van der Waals surface area contributed by atoms with Crippen LogP contribution in [0.5, 0.6) is 11.5 Å². The average molecular weight is 572 g/mol. The lowest BCUT2D eigenvalue weighted by molar-refractivity contribution is 0.0981. The van der Waals surface area contributed by atoms with E-state index in [4.69, 9.17) is 15.5 Å². The molecule has 4 N–H and O–H groups in total. The molecular weight excluding hydrogens is 537 g/mol. The average Bonchev–Trinajstić information content (AvgIpc) is 3.14. The van der Waals surface area contributed by atoms with Gasteiger partial charge in [-0.1, -0.05) is 20.8 Å². The quantitative estimate of drug-likeness (QED) is 0.359. The number of hydrogen-bond acceptors (Lipinski definition) is 9. The van der Waals surface area contributed by atoms with Crippen LogP contribution in [0.3, 0.4) is 0 Å². The number of nitrogen functional groups attached to an aromatic ring is 1. The van der Waals surface area contributed by atoms with Gasteiger partial charge in [0.15, 0.2) is 16.6 Å². The first-order chi connectivity index (χ1) is 18.7. The van der Waals surface area contributed by atoms with Crippen molar-refractivity contribution >= 4 is 27.6 Å². The number of halogens is 1. The molecule has 1 atom stereocenters. The zero-order chi connectivity index (χ0) is 29.4. The van der Waals surface area contributed by atoms with Crippen LogP contribution in [0.1, 0.15) is 51.4 Å². The molecule has 0 aliphatic carbocycles. The number of benzene rings is 1. The summed E-state index contributed by atoms with van der Waals surface area (Å²) in [6, 6.07) is 9.44.